The smallest absolute Gasteiger partial charge is 0.410 e. The van der Waals surface area contributed by atoms with Crippen LogP contribution < -0.4 is 4.74 Å². The van der Waals surface area contributed by atoms with Crippen LogP contribution in [0.2, 0.25) is 5.02 Å². The van der Waals surface area contributed by atoms with Crippen molar-refractivity contribution in [1.29, 1.82) is 0 Å². The van der Waals surface area contributed by atoms with Crippen LogP contribution in [0.25, 0.3) is 0 Å². The lowest BCUT2D eigenvalue weighted by Crippen LogP contribution is -2.62. The molecule has 38 heavy (non-hydrogen) atoms. The van der Waals surface area contributed by atoms with E-state index in [1.165, 1.54) is 6.92 Å². The van der Waals surface area contributed by atoms with Crippen molar-refractivity contribution in [3.05, 3.63) is 28.8 Å². The molecule has 13 heteroatoms. The quantitative estimate of drug-likeness (QED) is 0.608. The number of fused-ring (bicyclic) bond motifs is 1. The molecule has 1 aromatic rings. The third-order valence-corrected chi connectivity index (χ3v) is 8.53. The number of likely N-dealkylation sites (tertiary alicyclic amines) is 1. The van der Waals surface area contributed by atoms with Crippen molar-refractivity contribution in [3.8, 4) is 5.75 Å². The van der Waals surface area contributed by atoms with Crippen LogP contribution in [0.4, 0.5) is 18.0 Å². The first-order chi connectivity index (χ1) is 17.9. The zero-order valence-corrected chi connectivity index (χ0v) is 21.5. The van der Waals surface area contributed by atoms with Gasteiger partial charge in [0.1, 0.15) is 11.8 Å². The predicted octanol–water partition coefficient (Wildman–Crippen LogP) is 3.27. The van der Waals surface area contributed by atoms with E-state index in [-0.39, 0.29) is 48.6 Å². The minimum Gasteiger partial charge on any atom is -0.410 e. The van der Waals surface area contributed by atoms with Gasteiger partial charge >= 0.3 is 12.3 Å². The van der Waals surface area contributed by atoms with E-state index >= 15 is 0 Å². The number of β-amino-alcohol motifs (C(OH)–C–C–N with tert-alkyl or cyclic N) is 1. The standard InChI is InChI=1S/C25H29ClF3N3O6/c1-14-22(35)32-15(2-5-20(34)30-9-8-24(6-7-24)19(33)11-30)13-37-21(32)12-31(14)23(36)38-16-3-4-17(18(26)10-16)25(27,28)29/h3-4,10,14-15,19,21,33H,2,5-9,11-13H2,1H3/t14-,15-,19+,21-/m0/s1. The van der Waals surface area contributed by atoms with E-state index < -0.39 is 41.2 Å². The molecular weight excluding hydrogens is 531 g/mol. The SMILES string of the molecule is C[C@H]1C(=O)N2[C@@H](CCC(=O)N3CCC4(CC4)[C@H](O)C3)CO[C@H]2CN1C(=O)Oc1ccc(C(F)(F)F)c(Cl)c1. The molecule has 3 saturated heterocycles. The lowest BCUT2D eigenvalue weighted by Gasteiger charge is -2.41. The molecule has 0 aromatic heterocycles. The summed E-state index contributed by atoms with van der Waals surface area (Å²) in [7, 11) is 0. The van der Waals surface area contributed by atoms with Crippen molar-refractivity contribution in [2.45, 2.75) is 69.6 Å². The number of hydrogen-bond donors (Lipinski definition) is 1. The number of carbonyl (C=O) groups is 3. The summed E-state index contributed by atoms with van der Waals surface area (Å²) in [5.41, 5.74) is -1.05. The Morgan fingerprint density at radius 1 is 1.24 bits per heavy atom. The molecule has 1 aromatic carbocycles. The van der Waals surface area contributed by atoms with Gasteiger partial charge in [-0.3, -0.25) is 14.5 Å². The number of aliphatic hydroxyl groups is 1. The molecule has 208 valence electrons. The lowest BCUT2D eigenvalue weighted by molar-refractivity contribution is -0.151. The van der Waals surface area contributed by atoms with Gasteiger partial charge in [-0.25, -0.2) is 4.79 Å². The Bertz CT molecular complexity index is 1130. The Morgan fingerprint density at radius 2 is 1.97 bits per heavy atom. The Kier molecular flexibility index (Phi) is 7.02. The summed E-state index contributed by atoms with van der Waals surface area (Å²) in [6.45, 7) is 2.71. The molecule has 0 unspecified atom stereocenters. The topological polar surface area (TPSA) is 99.6 Å². The van der Waals surface area contributed by atoms with Crippen LogP contribution in [-0.2, 0) is 20.5 Å². The van der Waals surface area contributed by atoms with Crippen molar-refractivity contribution in [2.24, 2.45) is 5.41 Å². The zero-order chi connectivity index (χ0) is 27.4. The number of carbonyl (C=O) groups excluding carboxylic acids is 3. The molecule has 0 bridgehead atoms. The van der Waals surface area contributed by atoms with E-state index in [1.807, 2.05) is 0 Å². The molecule has 3 amide bonds. The van der Waals surface area contributed by atoms with Crippen molar-refractivity contribution >= 4 is 29.5 Å². The number of piperidine rings is 1. The highest BCUT2D eigenvalue weighted by Gasteiger charge is 2.52. The maximum Gasteiger partial charge on any atom is 0.417 e. The maximum atomic E-state index is 13.2. The largest absolute Gasteiger partial charge is 0.417 e. The molecule has 5 rings (SSSR count). The van der Waals surface area contributed by atoms with Crippen LogP contribution in [0.15, 0.2) is 18.2 Å². The summed E-state index contributed by atoms with van der Waals surface area (Å²) in [5, 5.41) is 9.76. The van der Waals surface area contributed by atoms with Gasteiger partial charge in [0, 0.05) is 25.6 Å². The van der Waals surface area contributed by atoms with Crippen LogP contribution in [0.3, 0.4) is 0 Å². The molecule has 4 atom stereocenters. The molecule has 4 aliphatic rings. The molecule has 3 aliphatic heterocycles. The predicted molar refractivity (Wildman–Crippen MR) is 127 cm³/mol. The Hall–Kier alpha value is -2.57. The van der Waals surface area contributed by atoms with Crippen LogP contribution in [-0.4, -0.2) is 88.4 Å². The van der Waals surface area contributed by atoms with Gasteiger partial charge in [0.15, 0.2) is 6.23 Å². The summed E-state index contributed by atoms with van der Waals surface area (Å²) in [4.78, 5) is 43.2. The molecule has 1 saturated carbocycles. The highest BCUT2D eigenvalue weighted by Crippen LogP contribution is 2.53. The van der Waals surface area contributed by atoms with Gasteiger partial charge in [-0.1, -0.05) is 11.6 Å². The van der Waals surface area contributed by atoms with E-state index in [0.29, 0.717) is 19.5 Å². The highest BCUT2D eigenvalue weighted by molar-refractivity contribution is 6.31. The van der Waals surface area contributed by atoms with Gasteiger partial charge in [-0.05, 0) is 50.2 Å². The van der Waals surface area contributed by atoms with Crippen LogP contribution in [0.1, 0.15) is 44.6 Å². The molecule has 1 aliphatic carbocycles. The summed E-state index contributed by atoms with van der Waals surface area (Å²) in [6.07, 6.45) is -3.36. The summed E-state index contributed by atoms with van der Waals surface area (Å²) >= 11 is 5.70. The number of nitrogens with zero attached hydrogens (tertiary/aromatic N) is 3. The molecule has 4 fully saturated rings. The second kappa shape index (κ2) is 9.87. The van der Waals surface area contributed by atoms with E-state index in [1.54, 1.807) is 9.80 Å². The number of halogens is 4. The first kappa shape index (κ1) is 27.0. The van der Waals surface area contributed by atoms with Crippen molar-refractivity contribution in [3.63, 3.8) is 0 Å². The number of hydrogen-bond acceptors (Lipinski definition) is 6. The third kappa shape index (κ3) is 5.05. The second-order valence-electron chi connectivity index (χ2n) is 10.5. The average Bonchev–Trinajstić information content (AvgIpc) is 3.51. The number of amides is 3. The summed E-state index contributed by atoms with van der Waals surface area (Å²) in [5.74, 6) is -0.627. The minimum absolute atomic E-state index is 0.00491. The van der Waals surface area contributed by atoms with Gasteiger partial charge in [0.25, 0.3) is 0 Å². The molecule has 3 heterocycles. The number of aliphatic hydroxyl groups excluding tert-OH is 1. The first-order valence-corrected chi connectivity index (χ1v) is 13.0. The molecular formula is C25H29ClF3N3O6. The normalized spacial score (nSPS) is 28.5. The maximum absolute atomic E-state index is 13.2. The Balaban J connectivity index is 1.16. The summed E-state index contributed by atoms with van der Waals surface area (Å²) in [6, 6.07) is 1.36. The van der Waals surface area contributed by atoms with E-state index in [4.69, 9.17) is 21.1 Å². The van der Waals surface area contributed by atoms with Gasteiger partial charge in [-0.2, -0.15) is 13.2 Å². The number of benzene rings is 1. The monoisotopic (exact) mass is 559 g/mol. The fourth-order valence-corrected chi connectivity index (χ4v) is 5.87. The van der Waals surface area contributed by atoms with Crippen molar-refractivity contribution in [2.75, 3.05) is 26.2 Å². The first-order valence-electron chi connectivity index (χ1n) is 12.6. The number of piperazine rings is 1. The minimum atomic E-state index is -4.65. The Labute approximate surface area is 222 Å². The molecule has 9 nitrogen and oxygen atoms in total. The number of ether oxygens (including phenoxy) is 2. The second-order valence-corrected chi connectivity index (χ2v) is 10.9. The average molecular weight is 560 g/mol. The van der Waals surface area contributed by atoms with E-state index in [0.717, 1.165) is 42.4 Å². The number of rotatable bonds is 4. The Morgan fingerprint density at radius 3 is 2.61 bits per heavy atom. The molecule has 0 radical (unpaired) electrons. The van der Waals surface area contributed by atoms with Gasteiger partial charge in [-0.15, -0.1) is 0 Å². The molecule has 1 spiro atoms. The van der Waals surface area contributed by atoms with Gasteiger partial charge < -0.3 is 24.4 Å². The van der Waals surface area contributed by atoms with Crippen LogP contribution in [0.5, 0.6) is 5.75 Å². The van der Waals surface area contributed by atoms with E-state index in [2.05, 4.69) is 0 Å². The lowest BCUT2D eigenvalue weighted by atomic mass is 9.90. The van der Waals surface area contributed by atoms with Crippen molar-refractivity contribution in [1.82, 2.24) is 14.7 Å². The third-order valence-electron chi connectivity index (χ3n) is 8.22. The highest BCUT2D eigenvalue weighted by atomic mass is 35.5. The summed E-state index contributed by atoms with van der Waals surface area (Å²) < 4.78 is 49.8. The van der Waals surface area contributed by atoms with Crippen LogP contribution >= 0.6 is 11.6 Å². The van der Waals surface area contributed by atoms with Gasteiger partial charge in [0.05, 0.1) is 35.9 Å². The van der Waals surface area contributed by atoms with E-state index in [9.17, 15) is 32.7 Å². The zero-order valence-electron chi connectivity index (χ0n) is 20.7. The van der Waals surface area contributed by atoms with Crippen LogP contribution in [0, 0.1) is 5.41 Å². The van der Waals surface area contributed by atoms with Crippen molar-refractivity contribution < 1.29 is 42.1 Å². The fourth-order valence-electron chi connectivity index (χ4n) is 5.60. The van der Waals surface area contributed by atoms with Gasteiger partial charge in [0.2, 0.25) is 11.8 Å². The fraction of sp³-hybridized carbons (Fsp3) is 0.640. The number of alkyl halides is 3. The molecule has 1 N–H and O–H groups in total.